The third-order valence-electron chi connectivity index (χ3n) is 6.19. The van der Waals surface area contributed by atoms with Crippen molar-refractivity contribution in [2.45, 2.75) is 13.8 Å². The molecular weight excluding hydrogens is 448 g/mol. The molecule has 4 aromatic carbocycles. The van der Waals surface area contributed by atoms with Crippen molar-refractivity contribution in [3.05, 3.63) is 137 Å². The Morgan fingerprint density at radius 3 is 1.67 bits per heavy atom. The number of hydrogen-bond donors (Lipinski definition) is 0. The zero-order chi connectivity index (χ0) is 25.1. The van der Waals surface area contributed by atoms with Crippen molar-refractivity contribution < 1.29 is 8.78 Å². The smallest absolute Gasteiger partial charge is 0.135 e. The molecule has 0 aliphatic carbocycles. The summed E-state index contributed by atoms with van der Waals surface area (Å²) in [5.41, 5.74) is 9.77. The Hall–Kier alpha value is -4.37. The van der Waals surface area contributed by atoms with Gasteiger partial charge in [-0.25, -0.2) is 8.78 Å². The third kappa shape index (κ3) is 5.31. The molecule has 0 atom stereocenters. The van der Waals surface area contributed by atoms with Crippen molar-refractivity contribution in [1.29, 1.82) is 0 Å². The summed E-state index contributed by atoms with van der Waals surface area (Å²) < 4.78 is 27.3. The molecule has 0 fully saturated rings. The van der Waals surface area contributed by atoms with E-state index in [1.54, 1.807) is 12.3 Å². The molecular formula is C33H25F2N. The fourth-order valence-corrected chi connectivity index (χ4v) is 4.13. The maximum Gasteiger partial charge on any atom is 0.135 e. The number of aromatic nitrogens is 1. The second kappa shape index (κ2) is 10.1. The minimum Gasteiger partial charge on any atom is -0.256 e. The summed E-state index contributed by atoms with van der Waals surface area (Å²) >= 11 is 0. The van der Waals surface area contributed by atoms with Gasteiger partial charge in [-0.15, -0.1) is 0 Å². The molecule has 0 amide bonds. The van der Waals surface area contributed by atoms with Crippen LogP contribution in [0.2, 0.25) is 0 Å². The minimum atomic E-state index is -0.623. The first kappa shape index (κ1) is 23.4. The van der Waals surface area contributed by atoms with Crippen LogP contribution in [0.5, 0.6) is 0 Å². The van der Waals surface area contributed by atoms with Gasteiger partial charge in [0, 0.05) is 17.8 Å². The number of hydrogen-bond acceptors (Lipinski definition) is 1. The van der Waals surface area contributed by atoms with Crippen molar-refractivity contribution in [2.24, 2.45) is 0 Å². The molecule has 0 saturated carbocycles. The van der Waals surface area contributed by atoms with Gasteiger partial charge in [0.15, 0.2) is 0 Å². The van der Waals surface area contributed by atoms with Crippen LogP contribution < -0.4 is 0 Å². The molecule has 1 aromatic heterocycles. The quantitative estimate of drug-likeness (QED) is 0.248. The average Bonchev–Trinajstić information content (AvgIpc) is 2.89. The van der Waals surface area contributed by atoms with Gasteiger partial charge >= 0.3 is 0 Å². The van der Waals surface area contributed by atoms with Gasteiger partial charge in [-0.2, -0.15) is 0 Å². The summed E-state index contributed by atoms with van der Waals surface area (Å²) in [4.78, 5) is 4.38. The lowest BCUT2D eigenvalue weighted by Crippen LogP contribution is -1.89. The van der Waals surface area contributed by atoms with Gasteiger partial charge in [0.1, 0.15) is 11.6 Å². The van der Waals surface area contributed by atoms with Crippen LogP contribution in [0.3, 0.4) is 0 Å². The topological polar surface area (TPSA) is 12.9 Å². The lowest BCUT2D eigenvalue weighted by Gasteiger charge is -2.10. The monoisotopic (exact) mass is 473 g/mol. The van der Waals surface area contributed by atoms with E-state index in [0.29, 0.717) is 5.69 Å². The van der Waals surface area contributed by atoms with Crippen LogP contribution in [0, 0.1) is 25.5 Å². The standard InChI is InChI=1S/C33H25F2N/c1-22-3-10-26(11-4-22)28-17-25(18-29(19-28)27-12-5-23(2)6-13-27)8-7-24-9-16-33(36-21-24)31-15-14-30(34)20-32(31)35/h3-21H,1-2H3/b8-7+. The highest BCUT2D eigenvalue weighted by Gasteiger charge is 2.08. The van der Waals surface area contributed by atoms with Crippen LogP contribution in [-0.4, -0.2) is 4.98 Å². The van der Waals surface area contributed by atoms with Crippen LogP contribution in [0.15, 0.2) is 103 Å². The Balaban J connectivity index is 1.48. The van der Waals surface area contributed by atoms with Gasteiger partial charge in [-0.3, -0.25) is 4.98 Å². The lowest BCUT2D eigenvalue weighted by molar-refractivity contribution is 0.585. The zero-order valence-electron chi connectivity index (χ0n) is 20.2. The zero-order valence-corrected chi connectivity index (χ0v) is 20.2. The highest BCUT2D eigenvalue weighted by molar-refractivity contribution is 5.80. The largest absolute Gasteiger partial charge is 0.256 e. The van der Waals surface area contributed by atoms with Crippen LogP contribution in [0.4, 0.5) is 8.78 Å². The molecule has 5 rings (SSSR count). The molecule has 0 bridgehead atoms. The SMILES string of the molecule is Cc1ccc(-c2cc(/C=C/c3ccc(-c4ccc(F)cc4F)nc3)cc(-c3ccc(C)cc3)c2)cc1. The van der Waals surface area contributed by atoms with Crippen LogP contribution in [0.1, 0.15) is 22.3 Å². The number of rotatable bonds is 5. The second-order valence-corrected chi connectivity index (χ2v) is 9.01. The maximum absolute atomic E-state index is 14.1. The maximum atomic E-state index is 14.1. The fraction of sp³-hybridized carbons (Fsp3) is 0.0606. The first-order chi connectivity index (χ1) is 17.4. The molecule has 0 aliphatic rings. The Labute approximate surface area is 210 Å². The molecule has 0 saturated heterocycles. The summed E-state index contributed by atoms with van der Waals surface area (Å²) in [5.74, 6) is -1.23. The molecule has 1 nitrogen and oxygen atoms in total. The molecule has 0 unspecified atom stereocenters. The van der Waals surface area contributed by atoms with E-state index in [1.807, 2.05) is 12.1 Å². The molecule has 0 spiro atoms. The molecule has 3 heteroatoms. The van der Waals surface area contributed by atoms with E-state index in [-0.39, 0.29) is 5.56 Å². The van der Waals surface area contributed by atoms with Crippen molar-refractivity contribution in [1.82, 2.24) is 4.98 Å². The number of aryl methyl sites for hydroxylation is 2. The van der Waals surface area contributed by atoms with Gasteiger partial charge < -0.3 is 0 Å². The molecule has 0 N–H and O–H groups in total. The van der Waals surface area contributed by atoms with Crippen molar-refractivity contribution in [3.63, 3.8) is 0 Å². The first-order valence-corrected chi connectivity index (χ1v) is 11.8. The Bertz CT molecular complexity index is 1470. The summed E-state index contributed by atoms with van der Waals surface area (Å²) in [6.07, 6.45) is 5.74. The number of pyridine rings is 1. The van der Waals surface area contributed by atoms with Gasteiger partial charge in [0.05, 0.1) is 5.69 Å². The summed E-state index contributed by atoms with van der Waals surface area (Å²) in [6, 6.07) is 30.8. The molecule has 1 heterocycles. The summed E-state index contributed by atoms with van der Waals surface area (Å²) in [6.45, 7) is 4.18. The highest BCUT2D eigenvalue weighted by Crippen LogP contribution is 2.30. The number of halogens is 2. The highest BCUT2D eigenvalue weighted by atomic mass is 19.1. The Morgan fingerprint density at radius 1 is 0.556 bits per heavy atom. The molecule has 0 radical (unpaired) electrons. The molecule has 5 aromatic rings. The Kier molecular flexibility index (Phi) is 6.55. The van der Waals surface area contributed by atoms with E-state index in [2.05, 4.69) is 91.6 Å². The van der Waals surface area contributed by atoms with Gasteiger partial charge in [-0.05, 0) is 83.6 Å². The van der Waals surface area contributed by atoms with E-state index in [4.69, 9.17) is 0 Å². The van der Waals surface area contributed by atoms with Crippen molar-refractivity contribution >= 4 is 12.2 Å². The van der Waals surface area contributed by atoms with E-state index >= 15 is 0 Å². The van der Waals surface area contributed by atoms with Gasteiger partial charge in [0.2, 0.25) is 0 Å². The van der Waals surface area contributed by atoms with E-state index in [1.165, 1.54) is 23.3 Å². The second-order valence-electron chi connectivity index (χ2n) is 9.01. The summed E-state index contributed by atoms with van der Waals surface area (Å²) in [5, 5.41) is 0. The normalized spacial score (nSPS) is 11.2. The molecule has 176 valence electrons. The van der Waals surface area contributed by atoms with Crippen LogP contribution in [0.25, 0.3) is 45.7 Å². The van der Waals surface area contributed by atoms with Crippen molar-refractivity contribution in [3.8, 4) is 33.5 Å². The predicted molar refractivity (Wildman–Crippen MR) is 145 cm³/mol. The number of benzene rings is 4. The third-order valence-corrected chi connectivity index (χ3v) is 6.19. The van der Waals surface area contributed by atoms with E-state index < -0.39 is 11.6 Å². The van der Waals surface area contributed by atoms with Crippen LogP contribution in [-0.2, 0) is 0 Å². The lowest BCUT2D eigenvalue weighted by atomic mass is 9.95. The van der Waals surface area contributed by atoms with Crippen molar-refractivity contribution in [2.75, 3.05) is 0 Å². The first-order valence-electron chi connectivity index (χ1n) is 11.8. The van der Waals surface area contributed by atoms with Gasteiger partial charge in [0.25, 0.3) is 0 Å². The fourth-order valence-electron chi connectivity index (χ4n) is 4.13. The minimum absolute atomic E-state index is 0.278. The van der Waals surface area contributed by atoms with E-state index in [0.717, 1.165) is 39.4 Å². The Morgan fingerprint density at radius 2 is 1.14 bits per heavy atom. The summed E-state index contributed by atoms with van der Waals surface area (Å²) in [7, 11) is 0. The number of nitrogens with zero attached hydrogens (tertiary/aromatic N) is 1. The predicted octanol–water partition coefficient (Wildman–Crippen LogP) is 9.15. The van der Waals surface area contributed by atoms with E-state index in [9.17, 15) is 8.78 Å². The average molecular weight is 474 g/mol. The molecule has 0 aliphatic heterocycles. The van der Waals surface area contributed by atoms with Gasteiger partial charge in [-0.1, -0.05) is 77.9 Å². The van der Waals surface area contributed by atoms with Crippen LogP contribution >= 0.6 is 0 Å². The molecule has 36 heavy (non-hydrogen) atoms.